The number of carbonyl (C=O) groups excluding carboxylic acids is 3. The summed E-state index contributed by atoms with van der Waals surface area (Å²) in [5.74, 6) is -0.793. The number of nitrogens with zero attached hydrogens (tertiary/aromatic N) is 1. The quantitative estimate of drug-likeness (QED) is 0.467. The number of rotatable bonds is 5. The van der Waals surface area contributed by atoms with E-state index in [1.54, 1.807) is 45.0 Å². The van der Waals surface area contributed by atoms with Crippen LogP contribution in [-0.2, 0) is 25.6 Å². The largest absolute Gasteiger partial charge is 0.464 e. The van der Waals surface area contributed by atoms with Gasteiger partial charge in [-0.3, -0.25) is 9.88 Å². The Labute approximate surface area is 169 Å². The summed E-state index contributed by atoms with van der Waals surface area (Å²) in [5.41, 5.74) is 0.245. The van der Waals surface area contributed by atoms with E-state index >= 15 is 0 Å². The highest BCUT2D eigenvalue weighted by Gasteiger charge is 2.20. The third kappa shape index (κ3) is 6.84. The predicted octanol–water partition coefficient (Wildman–Crippen LogP) is 3.71. The van der Waals surface area contributed by atoms with E-state index in [0.29, 0.717) is 5.69 Å². The fourth-order valence-corrected chi connectivity index (χ4v) is 2.26. The molecule has 0 radical (unpaired) electrons. The Balaban J connectivity index is 2.15. The lowest BCUT2D eigenvalue weighted by atomic mass is 10.2. The van der Waals surface area contributed by atoms with E-state index < -0.39 is 23.8 Å². The minimum atomic E-state index is -0.833. The fourth-order valence-electron chi connectivity index (χ4n) is 2.26. The minimum absolute atomic E-state index is 0.0371. The number of nitrogens with one attached hydrogen (secondary N) is 1. The first kappa shape index (κ1) is 21.7. The molecule has 8 heteroatoms. The van der Waals surface area contributed by atoms with Crippen molar-refractivity contribution in [2.45, 2.75) is 33.0 Å². The Bertz CT molecular complexity index is 893. The molecule has 0 spiro atoms. The molecule has 0 saturated carbocycles. The van der Waals surface area contributed by atoms with E-state index in [1.807, 2.05) is 18.2 Å². The molecule has 0 unspecified atom stereocenters. The second kappa shape index (κ2) is 9.59. The van der Waals surface area contributed by atoms with E-state index in [4.69, 9.17) is 14.2 Å². The average molecular weight is 400 g/mol. The van der Waals surface area contributed by atoms with Crippen molar-refractivity contribution in [2.75, 3.05) is 7.11 Å². The van der Waals surface area contributed by atoms with Crippen molar-refractivity contribution in [3.8, 4) is 0 Å². The maximum absolute atomic E-state index is 12.3. The van der Waals surface area contributed by atoms with Gasteiger partial charge in [0.2, 0.25) is 0 Å². The molecule has 1 N–H and O–H groups in total. The number of esters is 1. The minimum Gasteiger partial charge on any atom is -0.464 e. The molecule has 1 heterocycles. The van der Waals surface area contributed by atoms with Gasteiger partial charge in [0, 0.05) is 6.20 Å². The monoisotopic (exact) mass is 400 g/mol. The lowest BCUT2D eigenvalue weighted by Crippen LogP contribution is -2.29. The van der Waals surface area contributed by atoms with Crippen LogP contribution in [0.25, 0.3) is 6.08 Å². The molecular weight excluding hydrogens is 376 g/mol. The first-order chi connectivity index (χ1) is 13.7. The molecule has 1 amide bonds. The molecule has 154 valence electrons. The van der Waals surface area contributed by atoms with Crippen molar-refractivity contribution in [1.82, 2.24) is 9.88 Å². The van der Waals surface area contributed by atoms with Crippen molar-refractivity contribution < 1.29 is 28.6 Å². The number of benzene rings is 1. The third-order valence-electron chi connectivity index (χ3n) is 3.52. The Kier molecular flexibility index (Phi) is 7.19. The number of aromatic nitrogens is 1. The van der Waals surface area contributed by atoms with Gasteiger partial charge in [0.1, 0.15) is 17.9 Å². The highest BCUT2D eigenvalue weighted by atomic mass is 16.6. The number of ether oxygens (including phenoxy) is 3. The van der Waals surface area contributed by atoms with Gasteiger partial charge in [0.25, 0.3) is 0 Å². The van der Waals surface area contributed by atoms with Crippen LogP contribution in [0.15, 0.2) is 54.4 Å². The Hall–Kier alpha value is -3.55. The molecule has 0 fully saturated rings. The van der Waals surface area contributed by atoms with Crippen molar-refractivity contribution >= 4 is 24.2 Å². The second-order valence-corrected chi connectivity index (χ2v) is 7.02. The SMILES string of the molecule is COC(=O)/C(=C/c1cccn1C(=O)OC(C)(C)C)NC(=O)OCc1ccccc1. The Morgan fingerprint density at radius 1 is 1.07 bits per heavy atom. The standard InChI is InChI=1S/C21H24N2O6/c1-21(2,3)29-20(26)23-12-8-11-16(23)13-17(18(24)27-4)22-19(25)28-14-15-9-6-5-7-10-15/h5-13H,14H2,1-4H3,(H,22,25)/b17-13-. The molecule has 0 atom stereocenters. The smallest absolute Gasteiger partial charge is 0.418 e. The van der Waals surface area contributed by atoms with Crippen molar-refractivity contribution in [2.24, 2.45) is 0 Å². The van der Waals surface area contributed by atoms with E-state index in [1.165, 1.54) is 23.9 Å². The van der Waals surface area contributed by atoms with Gasteiger partial charge in [0.05, 0.1) is 12.8 Å². The van der Waals surface area contributed by atoms with Gasteiger partial charge in [-0.2, -0.15) is 0 Å². The first-order valence-corrected chi connectivity index (χ1v) is 8.88. The summed E-state index contributed by atoms with van der Waals surface area (Å²) in [6.45, 7) is 5.27. The molecular formula is C21H24N2O6. The van der Waals surface area contributed by atoms with Crippen molar-refractivity contribution in [3.63, 3.8) is 0 Å². The highest BCUT2D eigenvalue weighted by molar-refractivity contribution is 5.97. The zero-order chi connectivity index (χ0) is 21.4. The van der Waals surface area contributed by atoms with Gasteiger partial charge in [0.15, 0.2) is 0 Å². The average Bonchev–Trinajstić information content (AvgIpc) is 3.13. The molecule has 0 aliphatic carbocycles. The van der Waals surface area contributed by atoms with Gasteiger partial charge >= 0.3 is 18.2 Å². The van der Waals surface area contributed by atoms with Crippen LogP contribution in [0.3, 0.4) is 0 Å². The summed E-state index contributed by atoms with van der Waals surface area (Å²) in [7, 11) is 1.18. The van der Waals surface area contributed by atoms with Crippen LogP contribution in [-0.4, -0.2) is 35.4 Å². The highest BCUT2D eigenvalue weighted by Crippen LogP contribution is 2.14. The van der Waals surface area contributed by atoms with E-state index in [0.717, 1.165) is 5.56 Å². The number of alkyl carbamates (subject to hydrolysis) is 1. The second-order valence-electron chi connectivity index (χ2n) is 7.02. The molecule has 0 aliphatic rings. The molecule has 0 saturated heterocycles. The molecule has 1 aromatic heterocycles. The molecule has 1 aromatic carbocycles. The third-order valence-corrected chi connectivity index (χ3v) is 3.52. The predicted molar refractivity (Wildman–Crippen MR) is 106 cm³/mol. The summed E-state index contributed by atoms with van der Waals surface area (Å²) in [6, 6.07) is 12.3. The molecule has 2 rings (SSSR count). The molecule has 29 heavy (non-hydrogen) atoms. The van der Waals surface area contributed by atoms with Crippen LogP contribution in [0, 0.1) is 0 Å². The lowest BCUT2D eigenvalue weighted by molar-refractivity contribution is -0.136. The summed E-state index contributed by atoms with van der Waals surface area (Å²) in [5, 5.41) is 2.35. The van der Waals surface area contributed by atoms with Crippen LogP contribution < -0.4 is 5.32 Å². The maximum atomic E-state index is 12.3. The van der Waals surface area contributed by atoms with Crippen LogP contribution in [0.4, 0.5) is 9.59 Å². The van der Waals surface area contributed by atoms with Crippen LogP contribution in [0.5, 0.6) is 0 Å². The van der Waals surface area contributed by atoms with Crippen molar-refractivity contribution in [1.29, 1.82) is 0 Å². The number of amides is 1. The number of hydrogen-bond donors (Lipinski definition) is 1. The maximum Gasteiger partial charge on any atom is 0.418 e. The summed E-state index contributed by atoms with van der Waals surface area (Å²) < 4.78 is 16.4. The Morgan fingerprint density at radius 2 is 1.76 bits per heavy atom. The summed E-state index contributed by atoms with van der Waals surface area (Å²) in [6.07, 6.45) is 1.34. The fraction of sp³-hybridized carbons (Fsp3) is 0.286. The van der Waals surface area contributed by atoms with E-state index in [2.05, 4.69) is 5.32 Å². The summed E-state index contributed by atoms with van der Waals surface area (Å²) >= 11 is 0. The van der Waals surface area contributed by atoms with Gasteiger partial charge < -0.3 is 14.2 Å². The summed E-state index contributed by atoms with van der Waals surface area (Å²) in [4.78, 5) is 36.5. The number of hydrogen-bond acceptors (Lipinski definition) is 6. The molecule has 8 nitrogen and oxygen atoms in total. The van der Waals surface area contributed by atoms with Crippen LogP contribution in [0.1, 0.15) is 32.0 Å². The van der Waals surface area contributed by atoms with Gasteiger partial charge in [-0.05, 0) is 44.5 Å². The lowest BCUT2D eigenvalue weighted by Gasteiger charge is -2.20. The molecule has 0 aliphatic heterocycles. The zero-order valence-corrected chi connectivity index (χ0v) is 16.8. The topological polar surface area (TPSA) is 95.9 Å². The number of methoxy groups -OCH3 is 1. The zero-order valence-electron chi connectivity index (χ0n) is 16.8. The first-order valence-electron chi connectivity index (χ1n) is 8.88. The van der Waals surface area contributed by atoms with Crippen LogP contribution >= 0.6 is 0 Å². The van der Waals surface area contributed by atoms with E-state index in [-0.39, 0.29) is 12.3 Å². The molecule has 0 bridgehead atoms. The van der Waals surface area contributed by atoms with E-state index in [9.17, 15) is 14.4 Å². The van der Waals surface area contributed by atoms with Gasteiger partial charge in [-0.1, -0.05) is 30.3 Å². The Morgan fingerprint density at radius 3 is 2.38 bits per heavy atom. The van der Waals surface area contributed by atoms with Crippen molar-refractivity contribution in [3.05, 3.63) is 65.6 Å². The normalized spacial score (nSPS) is 11.5. The number of carbonyl (C=O) groups is 3. The van der Waals surface area contributed by atoms with Gasteiger partial charge in [-0.25, -0.2) is 14.4 Å². The van der Waals surface area contributed by atoms with Gasteiger partial charge in [-0.15, -0.1) is 0 Å². The van der Waals surface area contributed by atoms with Crippen LogP contribution in [0.2, 0.25) is 0 Å². The molecule has 2 aromatic rings.